The van der Waals surface area contributed by atoms with E-state index in [1.807, 2.05) is 0 Å². The van der Waals surface area contributed by atoms with Crippen molar-refractivity contribution in [2.24, 2.45) is 5.92 Å². The highest BCUT2D eigenvalue weighted by Gasteiger charge is 2.26. The van der Waals surface area contributed by atoms with Crippen LogP contribution >= 0.6 is 0 Å². The van der Waals surface area contributed by atoms with Crippen molar-refractivity contribution >= 4 is 0 Å². The number of nitrogens with one attached hydrogen (secondary N) is 1. The SMILES string of the molecule is CCN1CCCC(CCNCC(F)(F)F)C1. The van der Waals surface area contributed by atoms with Gasteiger partial charge in [-0.05, 0) is 44.8 Å². The lowest BCUT2D eigenvalue weighted by molar-refractivity contribution is -0.124. The molecule has 0 radical (unpaired) electrons. The Morgan fingerprint density at radius 3 is 2.75 bits per heavy atom. The minimum absolute atomic E-state index is 0.474. The summed E-state index contributed by atoms with van der Waals surface area (Å²) in [4.78, 5) is 2.37. The first kappa shape index (κ1) is 13.8. The Morgan fingerprint density at radius 1 is 1.38 bits per heavy atom. The molecule has 1 aliphatic heterocycles. The normalized spacial score (nSPS) is 23.6. The van der Waals surface area contributed by atoms with E-state index in [2.05, 4.69) is 17.1 Å². The molecular formula is C11H21F3N2. The maximum atomic E-state index is 11.9. The molecule has 0 saturated carbocycles. The van der Waals surface area contributed by atoms with Crippen molar-refractivity contribution in [2.45, 2.75) is 32.4 Å². The highest BCUT2D eigenvalue weighted by molar-refractivity contribution is 4.73. The fraction of sp³-hybridized carbons (Fsp3) is 1.00. The molecule has 1 atom stereocenters. The Kier molecular flexibility index (Phi) is 5.55. The zero-order valence-corrected chi connectivity index (χ0v) is 9.82. The molecule has 1 aliphatic rings. The summed E-state index contributed by atoms with van der Waals surface area (Å²) >= 11 is 0. The van der Waals surface area contributed by atoms with E-state index in [0.29, 0.717) is 12.5 Å². The molecule has 16 heavy (non-hydrogen) atoms. The van der Waals surface area contributed by atoms with Crippen molar-refractivity contribution in [2.75, 3.05) is 32.7 Å². The number of alkyl halides is 3. The van der Waals surface area contributed by atoms with Gasteiger partial charge in [0.15, 0.2) is 0 Å². The van der Waals surface area contributed by atoms with Crippen molar-refractivity contribution < 1.29 is 13.2 Å². The Morgan fingerprint density at radius 2 is 2.12 bits per heavy atom. The van der Waals surface area contributed by atoms with E-state index in [-0.39, 0.29) is 0 Å². The highest BCUT2D eigenvalue weighted by atomic mass is 19.4. The number of hydrogen-bond donors (Lipinski definition) is 1. The van der Waals surface area contributed by atoms with E-state index >= 15 is 0 Å². The van der Waals surface area contributed by atoms with Gasteiger partial charge in [-0.1, -0.05) is 6.92 Å². The van der Waals surface area contributed by atoms with Gasteiger partial charge in [0.2, 0.25) is 0 Å². The molecule has 0 aromatic rings. The molecule has 1 N–H and O–H groups in total. The summed E-state index contributed by atoms with van der Waals surface area (Å²) in [5.74, 6) is 0.564. The molecule has 1 saturated heterocycles. The number of rotatable bonds is 5. The summed E-state index contributed by atoms with van der Waals surface area (Å²) in [6, 6.07) is 0. The van der Waals surface area contributed by atoms with E-state index < -0.39 is 12.7 Å². The van der Waals surface area contributed by atoms with Crippen LogP contribution in [0.25, 0.3) is 0 Å². The van der Waals surface area contributed by atoms with Crippen LogP contribution in [0.4, 0.5) is 13.2 Å². The topological polar surface area (TPSA) is 15.3 Å². The summed E-state index contributed by atoms with van der Waals surface area (Å²) in [5.41, 5.74) is 0. The number of halogens is 3. The van der Waals surface area contributed by atoms with E-state index in [1.54, 1.807) is 0 Å². The van der Waals surface area contributed by atoms with Gasteiger partial charge in [0.25, 0.3) is 0 Å². The summed E-state index contributed by atoms with van der Waals surface area (Å²) in [5, 5.41) is 2.46. The second kappa shape index (κ2) is 6.45. The second-order valence-electron chi connectivity index (χ2n) is 4.48. The van der Waals surface area contributed by atoms with Gasteiger partial charge in [-0.2, -0.15) is 13.2 Å². The molecule has 5 heteroatoms. The van der Waals surface area contributed by atoms with Gasteiger partial charge < -0.3 is 10.2 Å². The van der Waals surface area contributed by atoms with Crippen LogP contribution in [0.3, 0.4) is 0 Å². The summed E-state index contributed by atoms with van der Waals surface area (Å²) < 4.78 is 35.6. The quantitative estimate of drug-likeness (QED) is 0.739. The molecule has 0 spiro atoms. The Balaban J connectivity index is 2.08. The molecule has 1 heterocycles. The fourth-order valence-electron chi connectivity index (χ4n) is 2.21. The Labute approximate surface area is 95.2 Å². The van der Waals surface area contributed by atoms with Crippen LogP contribution in [0.1, 0.15) is 26.2 Å². The van der Waals surface area contributed by atoms with Crippen molar-refractivity contribution in [3.63, 3.8) is 0 Å². The Bertz CT molecular complexity index is 194. The van der Waals surface area contributed by atoms with Crippen molar-refractivity contribution in [1.29, 1.82) is 0 Å². The van der Waals surface area contributed by atoms with Crippen molar-refractivity contribution in [3.05, 3.63) is 0 Å². The van der Waals surface area contributed by atoms with Crippen LogP contribution in [0.15, 0.2) is 0 Å². The van der Waals surface area contributed by atoms with Crippen molar-refractivity contribution in [1.82, 2.24) is 10.2 Å². The van der Waals surface area contributed by atoms with Crippen LogP contribution in [0.2, 0.25) is 0 Å². The third kappa shape index (κ3) is 5.70. The predicted molar refractivity (Wildman–Crippen MR) is 58.4 cm³/mol. The maximum Gasteiger partial charge on any atom is 0.401 e. The zero-order valence-electron chi connectivity index (χ0n) is 9.82. The van der Waals surface area contributed by atoms with Gasteiger partial charge in [-0.3, -0.25) is 0 Å². The standard InChI is InChI=1S/C11H21F3N2/c1-2-16-7-3-4-10(8-16)5-6-15-9-11(12,13)14/h10,15H,2-9H2,1H3. The average molecular weight is 238 g/mol. The first-order valence-electron chi connectivity index (χ1n) is 6.01. The lowest BCUT2D eigenvalue weighted by Gasteiger charge is -2.31. The molecule has 1 rings (SSSR count). The molecule has 1 fully saturated rings. The molecule has 0 aromatic heterocycles. The highest BCUT2D eigenvalue weighted by Crippen LogP contribution is 2.19. The number of likely N-dealkylation sites (tertiary alicyclic amines) is 1. The molecule has 2 nitrogen and oxygen atoms in total. The fourth-order valence-corrected chi connectivity index (χ4v) is 2.21. The van der Waals surface area contributed by atoms with Crippen LogP contribution in [-0.2, 0) is 0 Å². The van der Waals surface area contributed by atoms with Crippen LogP contribution < -0.4 is 5.32 Å². The van der Waals surface area contributed by atoms with Gasteiger partial charge in [-0.15, -0.1) is 0 Å². The van der Waals surface area contributed by atoms with E-state index in [4.69, 9.17) is 0 Å². The molecule has 96 valence electrons. The minimum atomic E-state index is -4.08. The summed E-state index contributed by atoms with van der Waals surface area (Å²) in [6.07, 6.45) is -0.892. The monoisotopic (exact) mass is 238 g/mol. The maximum absolute atomic E-state index is 11.9. The first-order valence-corrected chi connectivity index (χ1v) is 6.01. The molecule has 0 aliphatic carbocycles. The van der Waals surface area contributed by atoms with Gasteiger partial charge in [0.1, 0.15) is 0 Å². The predicted octanol–water partition coefficient (Wildman–Crippen LogP) is 2.26. The molecule has 1 unspecified atom stereocenters. The largest absolute Gasteiger partial charge is 0.401 e. The molecule has 0 aromatic carbocycles. The van der Waals surface area contributed by atoms with Crippen LogP contribution in [0, 0.1) is 5.92 Å². The average Bonchev–Trinajstić information content (AvgIpc) is 2.23. The lowest BCUT2D eigenvalue weighted by atomic mass is 9.95. The molecule has 0 bridgehead atoms. The summed E-state index contributed by atoms with van der Waals surface area (Å²) in [6.45, 7) is 4.98. The number of piperidine rings is 1. The Hall–Kier alpha value is -0.290. The minimum Gasteiger partial charge on any atom is -0.309 e. The van der Waals surface area contributed by atoms with Crippen LogP contribution in [0.5, 0.6) is 0 Å². The van der Waals surface area contributed by atoms with Crippen molar-refractivity contribution in [3.8, 4) is 0 Å². The molecule has 0 amide bonds. The van der Waals surface area contributed by atoms with Crippen LogP contribution in [-0.4, -0.2) is 43.8 Å². The molecular weight excluding hydrogens is 217 g/mol. The van der Waals surface area contributed by atoms with E-state index in [0.717, 1.165) is 32.5 Å². The first-order chi connectivity index (χ1) is 7.51. The third-order valence-corrected chi connectivity index (χ3v) is 3.11. The number of nitrogens with zero attached hydrogens (tertiary/aromatic N) is 1. The zero-order chi connectivity index (χ0) is 12.0. The van der Waals surface area contributed by atoms with Gasteiger partial charge in [0, 0.05) is 6.54 Å². The van der Waals surface area contributed by atoms with Gasteiger partial charge in [-0.25, -0.2) is 0 Å². The third-order valence-electron chi connectivity index (χ3n) is 3.11. The number of hydrogen-bond acceptors (Lipinski definition) is 2. The van der Waals surface area contributed by atoms with E-state index in [9.17, 15) is 13.2 Å². The lowest BCUT2D eigenvalue weighted by Crippen LogP contribution is -2.37. The van der Waals surface area contributed by atoms with E-state index in [1.165, 1.54) is 6.42 Å². The summed E-state index contributed by atoms with van der Waals surface area (Å²) in [7, 11) is 0. The second-order valence-corrected chi connectivity index (χ2v) is 4.48. The smallest absolute Gasteiger partial charge is 0.309 e. The van der Waals surface area contributed by atoms with Gasteiger partial charge >= 0.3 is 6.18 Å². The van der Waals surface area contributed by atoms with Gasteiger partial charge in [0.05, 0.1) is 6.54 Å².